The van der Waals surface area contributed by atoms with E-state index in [2.05, 4.69) is 4.90 Å². The summed E-state index contributed by atoms with van der Waals surface area (Å²) in [6.07, 6.45) is 0. The molecule has 3 aromatic rings. The first-order chi connectivity index (χ1) is 15.5. The zero-order valence-electron chi connectivity index (χ0n) is 17.4. The van der Waals surface area contributed by atoms with Gasteiger partial charge in [-0.1, -0.05) is 66.2 Å². The molecule has 0 amide bonds. The number of Topliss-reactive ketones (excluding diaryl/α,β-unsaturated/α-hetero) is 2. The highest BCUT2D eigenvalue weighted by molar-refractivity contribution is 6.33. The molecule has 3 aromatic carbocycles. The van der Waals surface area contributed by atoms with Gasteiger partial charge in [0, 0.05) is 48.9 Å². The predicted octanol–water partition coefficient (Wildman–Crippen LogP) is 4.57. The quantitative estimate of drug-likeness (QED) is 0.548. The number of carbonyl (C=O) groups excluding carboxylic acids is 2. The summed E-state index contributed by atoms with van der Waals surface area (Å²) >= 11 is 6.25. The third-order valence-electron chi connectivity index (χ3n) is 6.51. The van der Waals surface area contributed by atoms with Gasteiger partial charge >= 0.3 is 0 Å². The monoisotopic (exact) mass is 448 g/mol. The minimum absolute atomic E-state index is 0.161. The number of fused-ring (bicyclic) bond motifs is 1. The number of hydrogen-bond donors (Lipinski definition) is 0. The van der Waals surface area contributed by atoms with Gasteiger partial charge < -0.3 is 0 Å². The Morgan fingerprint density at radius 2 is 1.41 bits per heavy atom. The van der Waals surface area contributed by atoms with Gasteiger partial charge in [-0.3, -0.25) is 19.4 Å². The molecule has 0 N–H and O–H groups in total. The molecule has 0 atom stereocenters. The van der Waals surface area contributed by atoms with Crippen LogP contribution in [0.15, 0.2) is 72.8 Å². The fourth-order valence-electron chi connectivity index (χ4n) is 4.93. The van der Waals surface area contributed by atoms with Crippen LogP contribution in [0, 0.1) is 5.82 Å². The van der Waals surface area contributed by atoms with E-state index in [9.17, 15) is 14.0 Å². The standard InChI is InChI=1S/C26H22ClFN2O2/c27-23-11-10-20(28)16-18(23)17-29-12-14-30(15-13-29)26(19-6-2-1-3-7-19)24(31)21-8-4-5-9-22(21)25(26)32/h1-11,16H,12-15,17H2. The Kier molecular flexibility index (Phi) is 5.41. The van der Waals surface area contributed by atoms with Crippen LogP contribution >= 0.6 is 11.6 Å². The minimum Gasteiger partial charge on any atom is -0.296 e. The van der Waals surface area contributed by atoms with Crippen LogP contribution in [0.1, 0.15) is 31.8 Å². The van der Waals surface area contributed by atoms with E-state index in [1.54, 1.807) is 30.3 Å². The van der Waals surface area contributed by atoms with Crippen molar-refractivity contribution < 1.29 is 14.0 Å². The second-order valence-corrected chi connectivity index (χ2v) is 8.69. The molecule has 0 aromatic heterocycles. The SMILES string of the molecule is O=C1c2ccccc2C(=O)C1(c1ccccc1)N1CCN(Cc2cc(F)ccc2Cl)CC1. The first kappa shape index (κ1) is 21.0. The molecule has 1 aliphatic carbocycles. The zero-order chi connectivity index (χ0) is 22.3. The highest BCUT2D eigenvalue weighted by atomic mass is 35.5. The third-order valence-corrected chi connectivity index (χ3v) is 6.88. The lowest BCUT2D eigenvalue weighted by molar-refractivity contribution is 0.0279. The molecule has 5 rings (SSSR count). The third kappa shape index (κ3) is 3.28. The molecule has 0 spiro atoms. The summed E-state index contributed by atoms with van der Waals surface area (Å²) in [5, 5.41) is 0.534. The largest absolute Gasteiger partial charge is 0.296 e. The van der Waals surface area contributed by atoms with Crippen LogP contribution in [0.2, 0.25) is 5.02 Å². The van der Waals surface area contributed by atoms with Crippen molar-refractivity contribution in [3.63, 3.8) is 0 Å². The Bertz CT molecular complexity index is 1150. The van der Waals surface area contributed by atoms with Gasteiger partial charge in [0.15, 0.2) is 17.1 Å². The molecular weight excluding hydrogens is 427 g/mol. The van der Waals surface area contributed by atoms with Crippen molar-refractivity contribution in [2.24, 2.45) is 0 Å². The molecule has 162 valence electrons. The van der Waals surface area contributed by atoms with E-state index >= 15 is 0 Å². The summed E-state index contributed by atoms with van der Waals surface area (Å²) in [6.45, 7) is 2.86. The van der Waals surface area contributed by atoms with E-state index in [0.29, 0.717) is 54.4 Å². The summed E-state index contributed by atoms with van der Waals surface area (Å²) in [4.78, 5) is 31.7. The maximum absolute atomic E-state index is 13.7. The maximum atomic E-state index is 13.7. The van der Waals surface area contributed by atoms with Gasteiger partial charge in [-0.05, 0) is 29.3 Å². The number of rotatable bonds is 4. The van der Waals surface area contributed by atoms with Gasteiger partial charge in [-0.2, -0.15) is 0 Å². The van der Waals surface area contributed by atoms with Gasteiger partial charge in [0.1, 0.15) is 5.82 Å². The molecule has 1 aliphatic heterocycles. The van der Waals surface area contributed by atoms with Crippen molar-refractivity contribution in [2.45, 2.75) is 12.1 Å². The second-order valence-electron chi connectivity index (χ2n) is 8.28. The highest BCUT2D eigenvalue weighted by Crippen LogP contribution is 2.43. The van der Waals surface area contributed by atoms with Crippen molar-refractivity contribution in [3.05, 3.63) is 106 Å². The number of halogens is 2. The average molecular weight is 449 g/mol. The molecule has 0 unspecified atom stereocenters. The first-order valence-electron chi connectivity index (χ1n) is 10.7. The van der Waals surface area contributed by atoms with Crippen molar-refractivity contribution in [3.8, 4) is 0 Å². The van der Waals surface area contributed by atoms with Crippen LogP contribution in [-0.2, 0) is 12.1 Å². The maximum Gasteiger partial charge on any atom is 0.196 e. The summed E-state index contributed by atoms with van der Waals surface area (Å²) in [6, 6.07) is 20.8. The Hall–Kier alpha value is -2.86. The van der Waals surface area contributed by atoms with E-state index < -0.39 is 5.54 Å². The van der Waals surface area contributed by atoms with Crippen LogP contribution in [0.3, 0.4) is 0 Å². The lowest BCUT2D eigenvalue weighted by Crippen LogP contribution is -2.60. The summed E-state index contributed by atoms with van der Waals surface area (Å²) in [5.74, 6) is -0.636. The van der Waals surface area contributed by atoms with Crippen LogP contribution < -0.4 is 0 Å². The Balaban J connectivity index is 1.45. The molecule has 6 heteroatoms. The van der Waals surface area contributed by atoms with E-state index in [1.807, 2.05) is 35.2 Å². The molecular formula is C26H22ClFN2O2. The number of carbonyl (C=O) groups is 2. The Morgan fingerprint density at radius 3 is 2.03 bits per heavy atom. The first-order valence-corrected chi connectivity index (χ1v) is 11.0. The zero-order valence-corrected chi connectivity index (χ0v) is 18.2. The lowest BCUT2D eigenvalue weighted by atomic mass is 9.82. The van der Waals surface area contributed by atoms with Crippen LogP contribution in [0.4, 0.5) is 4.39 Å². The van der Waals surface area contributed by atoms with Crippen molar-refractivity contribution >= 4 is 23.2 Å². The van der Waals surface area contributed by atoms with Gasteiger partial charge in [0.2, 0.25) is 0 Å². The number of piperazine rings is 1. The topological polar surface area (TPSA) is 40.6 Å². The van der Waals surface area contributed by atoms with E-state index in [4.69, 9.17) is 11.6 Å². The molecule has 2 aliphatic rings. The van der Waals surface area contributed by atoms with Gasteiger partial charge in [-0.15, -0.1) is 0 Å². The summed E-state index contributed by atoms with van der Waals surface area (Å²) in [7, 11) is 0. The molecule has 0 radical (unpaired) electrons. The van der Waals surface area contributed by atoms with Crippen LogP contribution in [-0.4, -0.2) is 47.5 Å². The van der Waals surface area contributed by atoms with Crippen molar-refractivity contribution in [1.82, 2.24) is 9.80 Å². The van der Waals surface area contributed by atoms with Crippen LogP contribution in [0.5, 0.6) is 0 Å². The molecule has 32 heavy (non-hydrogen) atoms. The molecule has 1 fully saturated rings. The average Bonchev–Trinajstić information content (AvgIpc) is 3.05. The van der Waals surface area contributed by atoms with Gasteiger partial charge in [-0.25, -0.2) is 4.39 Å². The fourth-order valence-corrected chi connectivity index (χ4v) is 5.11. The van der Waals surface area contributed by atoms with E-state index in [-0.39, 0.29) is 17.4 Å². The number of benzene rings is 3. The second kappa shape index (κ2) is 8.24. The minimum atomic E-state index is -1.34. The number of nitrogens with zero attached hydrogens (tertiary/aromatic N) is 2. The van der Waals surface area contributed by atoms with Crippen LogP contribution in [0.25, 0.3) is 0 Å². The summed E-state index contributed by atoms with van der Waals surface area (Å²) in [5.41, 5.74) is 1.06. The predicted molar refractivity (Wildman–Crippen MR) is 121 cm³/mol. The molecule has 1 heterocycles. The van der Waals surface area contributed by atoms with Gasteiger partial charge in [0.05, 0.1) is 0 Å². The highest BCUT2D eigenvalue weighted by Gasteiger charge is 2.58. The Labute approximate surface area is 191 Å². The van der Waals surface area contributed by atoms with Crippen molar-refractivity contribution in [1.29, 1.82) is 0 Å². The summed E-state index contributed by atoms with van der Waals surface area (Å²) < 4.78 is 13.7. The number of ketones is 2. The molecule has 4 nitrogen and oxygen atoms in total. The van der Waals surface area contributed by atoms with E-state index in [1.165, 1.54) is 12.1 Å². The smallest absolute Gasteiger partial charge is 0.196 e. The Morgan fingerprint density at radius 1 is 0.812 bits per heavy atom. The van der Waals surface area contributed by atoms with E-state index in [0.717, 1.165) is 5.56 Å². The van der Waals surface area contributed by atoms with Gasteiger partial charge in [0.25, 0.3) is 0 Å². The lowest BCUT2D eigenvalue weighted by Gasteiger charge is -2.44. The normalized spacial score (nSPS) is 18.7. The molecule has 0 bridgehead atoms. The van der Waals surface area contributed by atoms with Crippen molar-refractivity contribution in [2.75, 3.05) is 26.2 Å². The molecule has 1 saturated heterocycles. The molecule has 0 saturated carbocycles. The fraction of sp³-hybridized carbons (Fsp3) is 0.231. The number of hydrogen-bond acceptors (Lipinski definition) is 4.